The third-order valence-electron chi connectivity index (χ3n) is 2.90. The molecule has 1 unspecified atom stereocenters. The van der Waals surface area contributed by atoms with Crippen molar-refractivity contribution in [2.24, 2.45) is 0 Å². The molecular weight excluding hydrogens is 328 g/mol. The van der Waals surface area contributed by atoms with Gasteiger partial charge in [0.05, 0.1) is 11.3 Å². The lowest BCUT2D eigenvalue weighted by Crippen LogP contribution is -2.23. The molecule has 1 aromatic carbocycles. The van der Waals surface area contributed by atoms with Gasteiger partial charge in [-0.05, 0) is 35.3 Å². The number of nitro groups is 1. The fourth-order valence-electron chi connectivity index (χ4n) is 1.98. The van der Waals surface area contributed by atoms with Crippen LogP contribution in [-0.4, -0.2) is 22.0 Å². The molecule has 0 aromatic heterocycles. The zero-order chi connectivity index (χ0) is 15.3. The van der Waals surface area contributed by atoms with Crippen molar-refractivity contribution in [3.63, 3.8) is 0 Å². The quantitative estimate of drug-likeness (QED) is 0.580. The van der Waals surface area contributed by atoms with E-state index in [1.165, 1.54) is 6.07 Å². The zero-order valence-electron chi connectivity index (χ0n) is 11.4. The molecule has 0 amide bonds. The van der Waals surface area contributed by atoms with Crippen LogP contribution in [0.5, 0.6) is 0 Å². The molecule has 0 radical (unpaired) electrons. The maximum atomic E-state index is 10.8. The normalized spacial score (nSPS) is 11.9. The van der Waals surface area contributed by atoms with Gasteiger partial charge in [0, 0.05) is 27.8 Å². The second kappa shape index (κ2) is 7.23. The van der Waals surface area contributed by atoms with Gasteiger partial charge in [-0.3, -0.25) is 14.9 Å². The van der Waals surface area contributed by atoms with Gasteiger partial charge < -0.3 is 10.4 Å². The van der Waals surface area contributed by atoms with Gasteiger partial charge in [0.15, 0.2) is 0 Å². The summed E-state index contributed by atoms with van der Waals surface area (Å²) in [6.45, 7) is 3.63. The number of carboxylic acid groups (broad SMARTS) is 1. The number of nitro benzene ring substituents is 1. The molecule has 6 nitrogen and oxygen atoms in total. The molecule has 0 saturated carbocycles. The van der Waals surface area contributed by atoms with Crippen LogP contribution in [0.25, 0.3) is 0 Å². The smallest absolute Gasteiger partial charge is 0.305 e. The van der Waals surface area contributed by atoms with Crippen LogP contribution in [0.4, 0.5) is 11.4 Å². The van der Waals surface area contributed by atoms with Crippen molar-refractivity contribution in [3.8, 4) is 0 Å². The predicted octanol–water partition coefficient (Wildman–Crippen LogP) is 3.72. The topological polar surface area (TPSA) is 92.5 Å². The van der Waals surface area contributed by atoms with E-state index in [2.05, 4.69) is 21.2 Å². The summed E-state index contributed by atoms with van der Waals surface area (Å²) in [6.07, 6.45) is 1.58. The molecule has 0 saturated heterocycles. The number of aryl methyl sites for hydroxylation is 1. The zero-order valence-corrected chi connectivity index (χ0v) is 12.9. The van der Waals surface area contributed by atoms with Gasteiger partial charge in [0.1, 0.15) is 0 Å². The van der Waals surface area contributed by atoms with Crippen LogP contribution in [0.3, 0.4) is 0 Å². The number of benzene rings is 1. The first-order chi connectivity index (χ1) is 9.35. The second-order valence-electron chi connectivity index (χ2n) is 4.60. The van der Waals surface area contributed by atoms with Gasteiger partial charge in [-0.1, -0.05) is 13.3 Å². The van der Waals surface area contributed by atoms with Crippen LogP contribution in [-0.2, 0) is 4.79 Å². The number of anilines is 1. The first-order valence-corrected chi connectivity index (χ1v) is 7.07. The molecule has 0 bridgehead atoms. The Morgan fingerprint density at radius 1 is 1.55 bits per heavy atom. The number of hydrogen-bond acceptors (Lipinski definition) is 4. The lowest BCUT2D eigenvalue weighted by Gasteiger charge is -2.19. The van der Waals surface area contributed by atoms with Gasteiger partial charge in [-0.15, -0.1) is 0 Å². The summed E-state index contributed by atoms with van der Waals surface area (Å²) in [7, 11) is 0. The monoisotopic (exact) mass is 344 g/mol. The van der Waals surface area contributed by atoms with Crippen LogP contribution in [0.2, 0.25) is 0 Å². The molecule has 0 heterocycles. The SMILES string of the molecule is CCCC(CC(=O)O)Nc1cc(C)c([N+](=O)[O-])cc1Br. The number of carbonyl (C=O) groups is 1. The van der Waals surface area contributed by atoms with E-state index in [1.807, 2.05) is 6.92 Å². The van der Waals surface area contributed by atoms with E-state index in [1.54, 1.807) is 13.0 Å². The van der Waals surface area contributed by atoms with E-state index in [4.69, 9.17) is 5.11 Å². The van der Waals surface area contributed by atoms with Crippen LogP contribution >= 0.6 is 15.9 Å². The molecule has 1 aromatic rings. The number of aliphatic carboxylic acids is 1. The molecule has 0 aliphatic rings. The van der Waals surface area contributed by atoms with Crippen molar-refractivity contribution in [3.05, 3.63) is 32.3 Å². The molecule has 0 aliphatic carbocycles. The number of carboxylic acids is 1. The van der Waals surface area contributed by atoms with E-state index in [0.717, 1.165) is 12.8 Å². The number of rotatable bonds is 7. The van der Waals surface area contributed by atoms with Crippen LogP contribution in [0, 0.1) is 17.0 Å². The lowest BCUT2D eigenvalue weighted by molar-refractivity contribution is -0.385. The molecular formula is C13H17BrN2O4. The van der Waals surface area contributed by atoms with Gasteiger partial charge in [-0.25, -0.2) is 0 Å². The van der Waals surface area contributed by atoms with E-state index in [-0.39, 0.29) is 18.2 Å². The molecule has 0 fully saturated rings. The third-order valence-corrected chi connectivity index (χ3v) is 3.56. The van der Waals surface area contributed by atoms with Crippen molar-refractivity contribution in [1.29, 1.82) is 0 Å². The third kappa shape index (κ3) is 4.48. The van der Waals surface area contributed by atoms with Crippen molar-refractivity contribution in [2.45, 2.75) is 39.2 Å². The van der Waals surface area contributed by atoms with E-state index in [0.29, 0.717) is 15.7 Å². The molecule has 110 valence electrons. The van der Waals surface area contributed by atoms with Gasteiger partial charge in [0.2, 0.25) is 0 Å². The molecule has 1 rings (SSSR count). The minimum atomic E-state index is -0.870. The van der Waals surface area contributed by atoms with E-state index < -0.39 is 10.9 Å². The average molecular weight is 345 g/mol. The summed E-state index contributed by atoms with van der Waals surface area (Å²) in [6, 6.07) is 2.89. The van der Waals surface area contributed by atoms with Gasteiger partial charge in [0.25, 0.3) is 5.69 Å². The fourth-order valence-corrected chi connectivity index (χ4v) is 2.43. The Labute approximate surface area is 125 Å². The summed E-state index contributed by atoms with van der Waals surface area (Å²) in [5.41, 5.74) is 1.24. The van der Waals surface area contributed by atoms with Gasteiger partial charge in [-0.2, -0.15) is 0 Å². The van der Waals surface area contributed by atoms with Crippen molar-refractivity contribution in [1.82, 2.24) is 0 Å². The summed E-state index contributed by atoms with van der Waals surface area (Å²) in [5.74, 6) is -0.870. The van der Waals surface area contributed by atoms with Crippen molar-refractivity contribution < 1.29 is 14.8 Å². The highest BCUT2D eigenvalue weighted by Crippen LogP contribution is 2.31. The lowest BCUT2D eigenvalue weighted by atomic mass is 10.1. The summed E-state index contributed by atoms with van der Waals surface area (Å²) in [4.78, 5) is 21.2. The van der Waals surface area contributed by atoms with E-state index >= 15 is 0 Å². The minimum absolute atomic E-state index is 0.0102. The first kappa shape index (κ1) is 16.4. The Balaban J connectivity index is 2.98. The Morgan fingerprint density at radius 2 is 2.20 bits per heavy atom. The number of nitrogens with one attached hydrogen (secondary N) is 1. The minimum Gasteiger partial charge on any atom is -0.481 e. The Kier molecular flexibility index (Phi) is 5.94. The molecule has 7 heteroatoms. The average Bonchev–Trinajstić information content (AvgIpc) is 2.32. The van der Waals surface area contributed by atoms with Crippen molar-refractivity contribution >= 4 is 33.3 Å². The summed E-state index contributed by atoms with van der Waals surface area (Å²) >= 11 is 3.28. The predicted molar refractivity (Wildman–Crippen MR) is 80.1 cm³/mol. The van der Waals surface area contributed by atoms with Crippen LogP contribution in [0.15, 0.2) is 16.6 Å². The van der Waals surface area contributed by atoms with Crippen LogP contribution in [0.1, 0.15) is 31.7 Å². The maximum Gasteiger partial charge on any atom is 0.305 e. The molecule has 2 N–H and O–H groups in total. The van der Waals surface area contributed by atoms with E-state index in [9.17, 15) is 14.9 Å². The van der Waals surface area contributed by atoms with Gasteiger partial charge >= 0.3 is 5.97 Å². The standard InChI is InChI=1S/C13H17BrN2O4/c1-3-4-9(6-13(17)18)15-11-5-8(2)12(16(19)20)7-10(11)14/h5,7,9,15H,3-4,6H2,1-2H3,(H,17,18). The first-order valence-electron chi connectivity index (χ1n) is 6.28. The number of nitrogens with zero attached hydrogens (tertiary/aromatic N) is 1. The highest BCUT2D eigenvalue weighted by Gasteiger charge is 2.17. The number of halogens is 1. The largest absolute Gasteiger partial charge is 0.481 e. The Morgan fingerprint density at radius 3 is 2.70 bits per heavy atom. The maximum absolute atomic E-state index is 10.8. The number of hydrogen-bond donors (Lipinski definition) is 2. The molecule has 1 atom stereocenters. The highest BCUT2D eigenvalue weighted by atomic mass is 79.9. The molecule has 0 spiro atoms. The van der Waals surface area contributed by atoms with Crippen LogP contribution < -0.4 is 5.32 Å². The Hall–Kier alpha value is -1.63. The fraction of sp³-hybridized carbons (Fsp3) is 0.462. The highest BCUT2D eigenvalue weighted by molar-refractivity contribution is 9.10. The Bertz CT molecular complexity index is 519. The van der Waals surface area contributed by atoms with Crippen molar-refractivity contribution in [2.75, 3.05) is 5.32 Å². The molecule has 20 heavy (non-hydrogen) atoms. The summed E-state index contributed by atoms with van der Waals surface area (Å²) in [5, 5.41) is 22.9. The second-order valence-corrected chi connectivity index (χ2v) is 5.46. The summed E-state index contributed by atoms with van der Waals surface area (Å²) < 4.78 is 0.557. The molecule has 0 aliphatic heterocycles.